The molecule has 0 saturated carbocycles. The third-order valence-electron chi connectivity index (χ3n) is 2.00. The van der Waals surface area contributed by atoms with Crippen molar-refractivity contribution in [3.05, 3.63) is 29.6 Å². The maximum atomic E-state index is 12.9. The van der Waals surface area contributed by atoms with Crippen LogP contribution in [0.1, 0.15) is 17.3 Å². The molecule has 0 aliphatic heterocycles. The SMILES string of the molecule is CSCC(C)NC(=O)c1cc(F)ccc1O. The van der Waals surface area contributed by atoms with Crippen LogP contribution in [0.25, 0.3) is 0 Å². The summed E-state index contributed by atoms with van der Waals surface area (Å²) in [5.74, 6) is -0.448. The molecule has 0 heterocycles. The van der Waals surface area contributed by atoms with Crippen LogP contribution in [0.15, 0.2) is 18.2 Å². The molecule has 0 aliphatic rings. The van der Waals surface area contributed by atoms with Crippen molar-refractivity contribution in [1.29, 1.82) is 0 Å². The summed E-state index contributed by atoms with van der Waals surface area (Å²) in [5.41, 5.74) is -0.0343. The summed E-state index contributed by atoms with van der Waals surface area (Å²) >= 11 is 1.60. The summed E-state index contributed by atoms with van der Waals surface area (Å²) in [7, 11) is 0. The lowest BCUT2D eigenvalue weighted by Gasteiger charge is -2.13. The molecule has 0 aromatic heterocycles. The number of rotatable bonds is 4. The molecule has 1 aromatic carbocycles. The van der Waals surface area contributed by atoms with Gasteiger partial charge in [-0.3, -0.25) is 4.79 Å². The first kappa shape index (κ1) is 12.8. The van der Waals surface area contributed by atoms with E-state index in [0.29, 0.717) is 0 Å². The van der Waals surface area contributed by atoms with E-state index in [9.17, 15) is 14.3 Å². The van der Waals surface area contributed by atoms with Gasteiger partial charge >= 0.3 is 0 Å². The molecule has 1 unspecified atom stereocenters. The van der Waals surface area contributed by atoms with E-state index in [2.05, 4.69) is 5.32 Å². The number of halogens is 1. The van der Waals surface area contributed by atoms with E-state index in [-0.39, 0.29) is 17.4 Å². The second-order valence-electron chi connectivity index (χ2n) is 3.49. The highest BCUT2D eigenvalue weighted by atomic mass is 32.2. The van der Waals surface area contributed by atoms with Gasteiger partial charge in [-0.05, 0) is 31.4 Å². The minimum atomic E-state index is -0.541. The Morgan fingerprint density at radius 1 is 1.62 bits per heavy atom. The van der Waals surface area contributed by atoms with Crippen molar-refractivity contribution in [3.63, 3.8) is 0 Å². The van der Waals surface area contributed by atoms with Gasteiger partial charge in [-0.1, -0.05) is 0 Å². The minimum absolute atomic E-state index is 0.0230. The Kier molecular flexibility index (Phi) is 4.61. The maximum absolute atomic E-state index is 12.9. The maximum Gasteiger partial charge on any atom is 0.255 e. The highest BCUT2D eigenvalue weighted by Crippen LogP contribution is 2.17. The molecule has 1 rings (SSSR count). The van der Waals surface area contributed by atoms with Gasteiger partial charge in [0.05, 0.1) is 5.56 Å². The number of thioether (sulfide) groups is 1. The predicted octanol–water partition coefficient (Wildman–Crippen LogP) is 2.01. The third kappa shape index (κ3) is 3.41. The van der Waals surface area contributed by atoms with Crippen molar-refractivity contribution in [2.75, 3.05) is 12.0 Å². The lowest BCUT2D eigenvalue weighted by Crippen LogP contribution is -2.34. The molecule has 2 N–H and O–H groups in total. The number of hydrogen-bond donors (Lipinski definition) is 2. The number of phenolic OH excluding ortho intramolecular Hbond substituents is 1. The molecular weight excluding hydrogens is 229 g/mol. The van der Waals surface area contributed by atoms with Gasteiger partial charge in [-0.25, -0.2) is 4.39 Å². The van der Waals surface area contributed by atoms with Crippen molar-refractivity contribution in [3.8, 4) is 5.75 Å². The Hall–Kier alpha value is -1.23. The molecule has 0 spiro atoms. The highest BCUT2D eigenvalue weighted by Gasteiger charge is 2.14. The first-order valence-corrected chi connectivity index (χ1v) is 6.22. The summed E-state index contributed by atoms with van der Waals surface area (Å²) in [4.78, 5) is 11.7. The molecule has 0 fully saturated rings. The van der Waals surface area contributed by atoms with Crippen molar-refractivity contribution in [2.24, 2.45) is 0 Å². The zero-order chi connectivity index (χ0) is 12.1. The van der Waals surface area contributed by atoms with E-state index in [0.717, 1.165) is 17.9 Å². The molecular formula is C11H14FNO2S. The first-order chi connectivity index (χ1) is 7.54. The van der Waals surface area contributed by atoms with Crippen molar-refractivity contribution < 1.29 is 14.3 Å². The van der Waals surface area contributed by atoms with Crippen LogP contribution in [-0.4, -0.2) is 29.1 Å². The minimum Gasteiger partial charge on any atom is -0.507 e. The third-order valence-corrected chi connectivity index (χ3v) is 2.83. The van der Waals surface area contributed by atoms with Crippen LogP contribution >= 0.6 is 11.8 Å². The molecule has 16 heavy (non-hydrogen) atoms. The molecule has 0 saturated heterocycles. The number of aromatic hydroxyl groups is 1. The summed E-state index contributed by atoms with van der Waals surface area (Å²) in [6, 6.07) is 3.28. The molecule has 1 amide bonds. The zero-order valence-corrected chi connectivity index (χ0v) is 9.97. The summed E-state index contributed by atoms with van der Waals surface area (Å²) in [5, 5.41) is 12.1. The van der Waals surface area contributed by atoms with Crippen LogP contribution in [0.3, 0.4) is 0 Å². The van der Waals surface area contributed by atoms with E-state index in [4.69, 9.17) is 0 Å². The molecule has 0 aliphatic carbocycles. The van der Waals surface area contributed by atoms with Crippen molar-refractivity contribution in [2.45, 2.75) is 13.0 Å². The largest absolute Gasteiger partial charge is 0.507 e. The molecule has 5 heteroatoms. The van der Waals surface area contributed by atoms with Crippen LogP contribution in [-0.2, 0) is 0 Å². The quantitative estimate of drug-likeness (QED) is 0.850. The van der Waals surface area contributed by atoms with Crippen LogP contribution in [0.2, 0.25) is 0 Å². The molecule has 88 valence electrons. The molecule has 1 aromatic rings. The first-order valence-electron chi connectivity index (χ1n) is 4.83. The van der Waals surface area contributed by atoms with E-state index in [1.807, 2.05) is 13.2 Å². The van der Waals surface area contributed by atoms with Gasteiger partial charge in [0.15, 0.2) is 0 Å². The number of carbonyl (C=O) groups excluding carboxylic acids is 1. The lowest BCUT2D eigenvalue weighted by atomic mass is 10.1. The Morgan fingerprint density at radius 2 is 2.31 bits per heavy atom. The van der Waals surface area contributed by atoms with E-state index in [1.54, 1.807) is 11.8 Å². The molecule has 0 radical (unpaired) electrons. The highest BCUT2D eigenvalue weighted by molar-refractivity contribution is 7.98. The average molecular weight is 243 g/mol. The Balaban J connectivity index is 2.76. The van der Waals surface area contributed by atoms with Gasteiger partial charge in [-0.2, -0.15) is 11.8 Å². The average Bonchev–Trinajstić information content (AvgIpc) is 2.21. The van der Waals surface area contributed by atoms with Crippen LogP contribution in [0, 0.1) is 5.82 Å². The molecule has 3 nitrogen and oxygen atoms in total. The van der Waals surface area contributed by atoms with E-state index >= 15 is 0 Å². The number of benzene rings is 1. The summed E-state index contributed by atoms with van der Waals surface area (Å²) < 4.78 is 12.9. The zero-order valence-electron chi connectivity index (χ0n) is 9.16. The molecule has 0 bridgehead atoms. The number of carbonyl (C=O) groups is 1. The van der Waals surface area contributed by atoms with E-state index in [1.165, 1.54) is 6.07 Å². The van der Waals surface area contributed by atoms with Crippen LogP contribution < -0.4 is 5.32 Å². The van der Waals surface area contributed by atoms with Gasteiger partial charge in [-0.15, -0.1) is 0 Å². The summed E-state index contributed by atoms with van der Waals surface area (Å²) in [6.07, 6.45) is 1.93. The van der Waals surface area contributed by atoms with Crippen molar-refractivity contribution in [1.82, 2.24) is 5.32 Å². The lowest BCUT2D eigenvalue weighted by molar-refractivity contribution is 0.0940. The van der Waals surface area contributed by atoms with E-state index < -0.39 is 11.7 Å². The smallest absolute Gasteiger partial charge is 0.255 e. The predicted molar refractivity (Wildman–Crippen MR) is 63.4 cm³/mol. The summed E-state index contributed by atoms with van der Waals surface area (Å²) in [6.45, 7) is 1.85. The van der Waals surface area contributed by atoms with Crippen LogP contribution in [0.4, 0.5) is 4.39 Å². The number of phenols is 1. The van der Waals surface area contributed by atoms with Gasteiger partial charge in [0, 0.05) is 11.8 Å². The monoisotopic (exact) mass is 243 g/mol. The van der Waals surface area contributed by atoms with Gasteiger partial charge in [0.25, 0.3) is 5.91 Å². The van der Waals surface area contributed by atoms with Gasteiger partial charge in [0.1, 0.15) is 11.6 Å². The second-order valence-corrected chi connectivity index (χ2v) is 4.40. The Bertz CT molecular complexity index is 384. The standard InChI is InChI=1S/C11H14FNO2S/c1-7(6-16-2)13-11(15)9-5-8(12)3-4-10(9)14/h3-5,7,14H,6H2,1-2H3,(H,13,15). The molecule has 1 atom stereocenters. The number of amides is 1. The Morgan fingerprint density at radius 3 is 2.94 bits per heavy atom. The normalized spacial score (nSPS) is 12.2. The fourth-order valence-electron chi connectivity index (χ4n) is 1.28. The number of nitrogens with one attached hydrogen (secondary N) is 1. The topological polar surface area (TPSA) is 49.3 Å². The van der Waals surface area contributed by atoms with Gasteiger partial charge < -0.3 is 10.4 Å². The van der Waals surface area contributed by atoms with Crippen molar-refractivity contribution >= 4 is 17.7 Å². The van der Waals surface area contributed by atoms with Gasteiger partial charge in [0.2, 0.25) is 0 Å². The second kappa shape index (κ2) is 5.75. The fraction of sp³-hybridized carbons (Fsp3) is 0.364. The van der Waals surface area contributed by atoms with Crippen LogP contribution in [0.5, 0.6) is 5.75 Å². The fourth-order valence-corrected chi connectivity index (χ4v) is 1.87. The number of hydrogen-bond acceptors (Lipinski definition) is 3. The Labute approximate surface area is 98.1 Å².